The maximum atomic E-state index is 11.2. The average molecular weight is 195 g/mol. The van der Waals surface area contributed by atoms with Crippen molar-refractivity contribution in [2.24, 2.45) is 0 Å². The highest BCUT2D eigenvalue weighted by molar-refractivity contribution is 5.96. The van der Waals surface area contributed by atoms with E-state index in [4.69, 9.17) is 10.2 Å². The van der Waals surface area contributed by atoms with Gasteiger partial charge >= 0.3 is 5.97 Å². The highest BCUT2D eigenvalue weighted by Crippen LogP contribution is 1.98. The van der Waals surface area contributed by atoms with Crippen molar-refractivity contribution < 1.29 is 19.8 Å². The van der Waals surface area contributed by atoms with Gasteiger partial charge in [-0.3, -0.25) is 4.79 Å². The quantitative estimate of drug-likeness (QED) is 0.584. The van der Waals surface area contributed by atoms with Crippen LogP contribution in [0.4, 0.5) is 0 Å². The van der Waals surface area contributed by atoms with Gasteiger partial charge in [0.15, 0.2) is 0 Å². The number of aliphatic hydroxyl groups is 1. The summed E-state index contributed by atoms with van der Waals surface area (Å²) in [6.07, 6.45) is -1.87. The Morgan fingerprint density at radius 2 is 1.79 bits per heavy atom. The third kappa shape index (κ3) is 2.56. The van der Waals surface area contributed by atoms with Crippen LogP contribution in [0.3, 0.4) is 0 Å². The molecular formula is C9H9NO4. The lowest BCUT2D eigenvalue weighted by Gasteiger charge is -2.07. The fraction of sp³-hybridized carbons (Fsp3) is 0.111. The average Bonchev–Trinajstić information content (AvgIpc) is 2.19. The van der Waals surface area contributed by atoms with Gasteiger partial charge in [0, 0.05) is 5.56 Å². The van der Waals surface area contributed by atoms with Crippen molar-refractivity contribution >= 4 is 11.9 Å². The molecule has 0 aliphatic heterocycles. The Kier molecular flexibility index (Phi) is 3.19. The minimum Gasteiger partial charge on any atom is -0.478 e. The van der Waals surface area contributed by atoms with E-state index >= 15 is 0 Å². The maximum absolute atomic E-state index is 11.2. The van der Waals surface area contributed by atoms with Gasteiger partial charge in [-0.1, -0.05) is 18.2 Å². The second-order valence-corrected chi connectivity index (χ2v) is 2.58. The molecule has 0 radical (unpaired) electrons. The first-order chi connectivity index (χ1) is 6.61. The van der Waals surface area contributed by atoms with Gasteiger partial charge in [-0.2, -0.15) is 0 Å². The van der Waals surface area contributed by atoms with E-state index in [2.05, 4.69) is 0 Å². The molecule has 5 heteroatoms. The van der Waals surface area contributed by atoms with Crippen LogP contribution in [0, 0.1) is 0 Å². The molecule has 0 saturated carbocycles. The number of nitrogens with one attached hydrogen (secondary N) is 1. The molecule has 3 N–H and O–H groups in total. The van der Waals surface area contributed by atoms with Crippen molar-refractivity contribution in [1.29, 1.82) is 0 Å². The minimum absolute atomic E-state index is 0.299. The molecule has 1 atom stereocenters. The standard InChI is InChI=1S/C9H9NO4/c11-7(10-8(12)9(13)14)6-4-2-1-3-5-6/h1-5,8,12H,(H,10,11)(H,13,14)/t8-/m0/s1. The summed E-state index contributed by atoms with van der Waals surface area (Å²) in [5.41, 5.74) is 0.299. The van der Waals surface area contributed by atoms with E-state index in [0.29, 0.717) is 5.56 Å². The van der Waals surface area contributed by atoms with E-state index in [1.165, 1.54) is 12.1 Å². The molecule has 0 aromatic heterocycles. The van der Waals surface area contributed by atoms with Crippen LogP contribution >= 0.6 is 0 Å². The highest BCUT2D eigenvalue weighted by atomic mass is 16.4. The summed E-state index contributed by atoms with van der Waals surface area (Å²) >= 11 is 0. The first kappa shape index (κ1) is 10.2. The van der Waals surface area contributed by atoms with E-state index in [1.807, 2.05) is 5.32 Å². The number of carbonyl (C=O) groups excluding carboxylic acids is 1. The molecule has 0 unspecified atom stereocenters. The summed E-state index contributed by atoms with van der Waals surface area (Å²) in [6.45, 7) is 0. The van der Waals surface area contributed by atoms with Gasteiger partial charge < -0.3 is 15.5 Å². The zero-order chi connectivity index (χ0) is 10.6. The molecular weight excluding hydrogens is 186 g/mol. The third-order valence-electron chi connectivity index (χ3n) is 1.54. The summed E-state index contributed by atoms with van der Waals surface area (Å²) in [7, 11) is 0. The summed E-state index contributed by atoms with van der Waals surface area (Å²) < 4.78 is 0. The van der Waals surface area contributed by atoms with Gasteiger partial charge in [0.05, 0.1) is 0 Å². The number of carboxylic acids is 1. The number of aliphatic carboxylic acids is 1. The number of carbonyl (C=O) groups is 2. The lowest BCUT2D eigenvalue weighted by Crippen LogP contribution is -2.40. The minimum atomic E-state index is -1.87. The van der Waals surface area contributed by atoms with Crippen LogP contribution < -0.4 is 5.32 Å². The normalized spacial score (nSPS) is 11.8. The Hall–Kier alpha value is -1.88. The molecule has 0 saturated heterocycles. The van der Waals surface area contributed by atoms with Crippen molar-refractivity contribution in [2.75, 3.05) is 0 Å². The first-order valence-corrected chi connectivity index (χ1v) is 3.88. The predicted molar refractivity (Wildman–Crippen MR) is 47.6 cm³/mol. The summed E-state index contributed by atoms with van der Waals surface area (Å²) in [5.74, 6) is -2.12. The fourth-order valence-electron chi connectivity index (χ4n) is 0.859. The van der Waals surface area contributed by atoms with Crippen molar-refractivity contribution in [1.82, 2.24) is 5.32 Å². The second kappa shape index (κ2) is 4.38. The molecule has 1 amide bonds. The SMILES string of the molecule is O=C(N[C@@H](O)C(=O)O)c1ccccc1. The molecule has 0 heterocycles. The summed E-state index contributed by atoms with van der Waals surface area (Å²) in [4.78, 5) is 21.4. The first-order valence-electron chi connectivity index (χ1n) is 3.88. The van der Waals surface area contributed by atoms with E-state index < -0.39 is 18.1 Å². The van der Waals surface area contributed by atoms with Gasteiger partial charge in [0.1, 0.15) is 0 Å². The zero-order valence-electron chi connectivity index (χ0n) is 7.18. The number of hydrogen-bond acceptors (Lipinski definition) is 3. The number of carboxylic acid groups (broad SMARTS) is 1. The molecule has 0 aliphatic rings. The van der Waals surface area contributed by atoms with Crippen molar-refractivity contribution in [3.63, 3.8) is 0 Å². The van der Waals surface area contributed by atoms with Crippen LogP contribution in [0.15, 0.2) is 30.3 Å². The van der Waals surface area contributed by atoms with Crippen LogP contribution in [0.25, 0.3) is 0 Å². The van der Waals surface area contributed by atoms with E-state index in [9.17, 15) is 9.59 Å². The number of aliphatic hydroxyl groups excluding tert-OH is 1. The summed E-state index contributed by atoms with van der Waals surface area (Å²) in [6, 6.07) is 8.04. The van der Waals surface area contributed by atoms with Crippen LogP contribution in [0.1, 0.15) is 10.4 Å². The molecule has 5 nitrogen and oxygen atoms in total. The lowest BCUT2D eigenvalue weighted by atomic mass is 10.2. The smallest absolute Gasteiger partial charge is 0.353 e. The highest BCUT2D eigenvalue weighted by Gasteiger charge is 2.16. The molecule has 1 aromatic rings. The van der Waals surface area contributed by atoms with Gasteiger partial charge in [0.25, 0.3) is 5.91 Å². The number of amides is 1. The van der Waals surface area contributed by atoms with Gasteiger partial charge in [-0.25, -0.2) is 4.79 Å². The Morgan fingerprint density at radius 3 is 2.29 bits per heavy atom. The Bertz CT molecular complexity index is 336. The van der Waals surface area contributed by atoms with Gasteiger partial charge in [0.2, 0.25) is 6.23 Å². The molecule has 0 spiro atoms. The molecule has 1 aromatic carbocycles. The van der Waals surface area contributed by atoms with Crippen molar-refractivity contribution in [2.45, 2.75) is 6.23 Å². The fourth-order valence-corrected chi connectivity index (χ4v) is 0.859. The molecule has 1 rings (SSSR count). The van der Waals surface area contributed by atoms with Gasteiger partial charge in [-0.15, -0.1) is 0 Å². The molecule has 0 bridgehead atoms. The zero-order valence-corrected chi connectivity index (χ0v) is 7.18. The van der Waals surface area contributed by atoms with E-state index in [1.54, 1.807) is 18.2 Å². The van der Waals surface area contributed by atoms with Crippen LogP contribution in [-0.2, 0) is 4.79 Å². The van der Waals surface area contributed by atoms with E-state index in [0.717, 1.165) is 0 Å². The number of benzene rings is 1. The van der Waals surface area contributed by atoms with Crippen LogP contribution in [-0.4, -0.2) is 28.3 Å². The number of rotatable bonds is 3. The topological polar surface area (TPSA) is 86.6 Å². The summed E-state index contributed by atoms with van der Waals surface area (Å²) in [5, 5.41) is 19.1. The van der Waals surface area contributed by atoms with Crippen molar-refractivity contribution in [3.05, 3.63) is 35.9 Å². The molecule has 0 fully saturated rings. The predicted octanol–water partition coefficient (Wildman–Crippen LogP) is -0.181. The molecule has 0 aliphatic carbocycles. The van der Waals surface area contributed by atoms with Crippen LogP contribution in [0.5, 0.6) is 0 Å². The lowest BCUT2D eigenvalue weighted by molar-refractivity contribution is -0.147. The van der Waals surface area contributed by atoms with Crippen LogP contribution in [0.2, 0.25) is 0 Å². The Labute approximate surface area is 80.0 Å². The second-order valence-electron chi connectivity index (χ2n) is 2.58. The third-order valence-corrected chi connectivity index (χ3v) is 1.54. The number of hydrogen-bond donors (Lipinski definition) is 3. The molecule has 74 valence electrons. The maximum Gasteiger partial charge on any atom is 0.353 e. The Morgan fingerprint density at radius 1 is 1.21 bits per heavy atom. The Balaban J connectivity index is 2.64. The molecule has 14 heavy (non-hydrogen) atoms. The van der Waals surface area contributed by atoms with Gasteiger partial charge in [-0.05, 0) is 12.1 Å². The van der Waals surface area contributed by atoms with Crippen molar-refractivity contribution in [3.8, 4) is 0 Å². The largest absolute Gasteiger partial charge is 0.478 e. The van der Waals surface area contributed by atoms with E-state index in [-0.39, 0.29) is 0 Å². The monoisotopic (exact) mass is 195 g/mol.